The molecule has 0 spiro atoms. The van der Waals surface area contributed by atoms with Crippen LogP contribution in [0.2, 0.25) is 0 Å². The molecule has 10 nitrogen and oxygen atoms in total. The molecule has 4 rings (SSSR count). The minimum atomic E-state index is -2.62. The number of nitrogens with zero attached hydrogens (tertiary/aromatic N) is 1. The van der Waals surface area contributed by atoms with Gasteiger partial charge in [0, 0.05) is 54.8 Å². The lowest BCUT2D eigenvalue weighted by atomic mass is 9.54. The van der Waals surface area contributed by atoms with Gasteiger partial charge in [0.25, 0.3) is 5.91 Å². The minimum Gasteiger partial charge on any atom is -0.508 e. The fraction of sp³-hybridized carbons (Fsp3) is 0.552. The molecule has 0 unspecified atom stereocenters. The summed E-state index contributed by atoms with van der Waals surface area (Å²) in [6.07, 6.45) is 0.347. The third kappa shape index (κ3) is 4.30. The van der Waals surface area contributed by atoms with Crippen molar-refractivity contribution >= 4 is 28.9 Å². The van der Waals surface area contributed by atoms with Crippen molar-refractivity contribution in [1.29, 1.82) is 0 Å². The first kappa shape index (κ1) is 28.6. The molecular formula is C29H39N3O7. The van der Waals surface area contributed by atoms with Crippen LogP contribution in [0.15, 0.2) is 23.0 Å². The average Bonchev–Trinajstić information content (AvgIpc) is 2.79. The predicted molar refractivity (Wildman–Crippen MR) is 146 cm³/mol. The van der Waals surface area contributed by atoms with Crippen LogP contribution in [0.5, 0.6) is 5.75 Å². The van der Waals surface area contributed by atoms with E-state index >= 15 is 0 Å². The van der Waals surface area contributed by atoms with Crippen molar-refractivity contribution < 1.29 is 34.8 Å². The number of anilines is 1. The zero-order valence-corrected chi connectivity index (χ0v) is 23.5. The number of carbonyl (C=O) groups is 3. The van der Waals surface area contributed by atoms with Gasteiger partial charge in [-0.1, -0.05) is 13.8 Å². The topological polar surface area (TPSA) is 173 Å². The number of phenolic OH excluding ortho intramolecular Hbond substituents is 1. The van der Waals surface area contributed by atoms with Crippen LogP contribution in [-0.2, 0) is 27.3 Å². The highest BCUT2D eigenvalue weighted by atomic mass is 16.3. The van der Waals surface area contributed by atoms with Gasteiger partial charge in [0.15, 0.2) is 11.4 Å². The first-order valence-electron chi connectivity index (χ1n) is 13.2. The number of primary amides is 1. The molecule has 0 radical (unpaired) electrons. The van der Waals surface area contributed by atoms with Crippen LogP contribution in [0.1, 0.15) is 57.7 Å². The fourth-order valence-corrected chi connectivity index (χ4v) is 6.48. The molecule has 3 aliphatic carbocycles. The number of nitrogens with one attached hydrogen (secondary N) is 1. The van der Waals surface area contributed by atoms with Gasteiger partial charge in [-0.15, -0.1) is 0 Å². The Balaban J connectivity index is 1.96. The van der Waals surface area contributed by atoms with Gasteiger partial charge in [0.2, 0.25) is 5.78 Å². The Morgan fingerprint density at radius 1 is 1.21 bits per heavy atom. The molecule has 4 atom stereocenters. The highest BCUT2D eigenvalue weighted by Gasteiger charge is 2.64. The van der Waals surface area contributed by atoms with Gasteiger partial charge in [-0.25, -0.2) is 0 Å². The summed E-state index contributed by atoms with van der Waals surface area (Å²) in [6, 6.07) is 1.85. The van der Waals surface area contributed by atoms with E-state index in [1.54, 1.807) is 13.8 Å². The maximum atomic E-state index is 14.0. The quantitative estimate of drug-likeness (QED) is 0.306. The first-order chi connectivity index (χ1) is 17.9. The lowest BCUT2D eigenvalue weighted by molar-refractivity contribution is -0.155. The summed E-state index contributed by atoms with van der Waals surface area (Å²) in [7, 11) is 3.69. The number of nitrogens with two attached hydrogens (primary N) is 1. The largest absolute Gasteiger partial charge is 0.508 e. The third-order valence-electron chi connectivity index (χ3n) is 8.32. The van der Waals surface area contributed by atoms with Crippen LogP contribution in [0.3, 0.4) is 0 Å². The van der Waals surface area contributed by atoms with Crippen LogP contribution in [0.4, 0.5) is 5.69 Å². The van der Waals surface area contributed by atoms with Gasteiger partial charge in [0.1, 0.15) is 22.8 Å². The zero-order chi connectivity index (χ0) is 29.4. The van der Waals surface area contributed by atoms with E-state index in [1.165, 1.54) is 0 Å². The number of aliphatic hydroxyl groups excluding tert-OH is 2. The summed E-state index contributed by atoms with van der Waals surface area (Å²) in [5.41, 5.74) is 3.60. The molecule has 1 amide bonds. The molecule has 1 fully saturated rings. The van der Waals surface area contributed by atoms with E-state index in [0.717, 1.165) is 5.69 Å². The summed E-state index contributed by atoms with van der Waals surface area (Å²) in [5.74, 6) is -7.62. The summed E-state index contributed by atoms with van der Waals surface area (Å²) >= 11 is 0. The maximum absolute atomic E-state index is 14.0. The number of phenols is 1. The van der Waals surface area contributed by atoms with Crippen molar-refractivity contribution in [3.05, 3.63) is 39.7 Å². The summed E-state index contributed by atoms with van der Waals surface area (Å²) in [6.45, 7) is 9.72. The second-order valence-electron chi connectivity index (χ2n) is 12.6. The average molecular weight is 542 g/mol. The number of rotatable bonds is 5. The Morgan fingerprint density at radius 3 is 2.33 bits per heavy atom. The minimum absolute atomic E-state index is 0.0900. The van der Waals surface area contributed by atoms with Crippen molar-refractivity contribution in [1.82, 2.24) is 5.32 Å². The van der Waals surface area contributed by atoms with E-state index in [0.29, 0.717) is 17.7 Å². The highest BCUT2D eigenvalue weighted by molar-refractivity contribution is 6.23. The molecule has 212 valence electrons. The smallest absolute Gasteiger partial charge is 0.255 e. The van der Waals surface area contributed by atoms with Crippen LogP contribution >= 0.6 is 0 Å². The van der Waals surface area contributed by atoms with Gasteiger partial charge in [-0.3, -0.25) is 14.4 Å². The van der Waals surface area contributed by atoms with Gasteiger partial charge < -0.3 is 36.4 Å². The number of hydrogen-bond donors (Lipinski definition) is 6. The molecule has 7 N–H and O–H groups in total. The Morgan fingerprint density at radius 2 is 1.82 bits per heavy atom. The van der Waals surface area contributed by atoms with Crippen LogP contribution in [-0.4, -0.2) is 63.1 Å². The number of fused-ring (bicyclic) bond motifs is 3. The predicted octanol–water partition coefficient (Wildman–Crippen LogP) is 2.26. The maximum Gasteiger partial charge on any atom is 0.255 e. The van der Waals surface area contributed by atoms with E-state index in [1.807, 2.05) is 45.8 Å². The second-order valence-corrected chi connectivity index (χ2v) is 12.6. The Hall–Kier alpha value is -3.37. The number of carbonyl (C=O) groups excluding carboxylic acids is 3. The number of ketones is 2. The third-order valence-corrected chi connectivity index (χ3v) is 8.32. The second kappa shape index (κ2) is 9.38. The summed E-state index contributed by atoms with van der Waals surface area (Å²) in [4.78, 5) is 41.3. The van der Waals surface area contributed by atoms with Crippen LogP contribution in [0, 0.1) is 23.7 Å². The molecule has 39 heavy (non-hydrogen) atoms. The zero-order valence-electron chi connectivity index (χ0n) is 23.5. The molecule has 10 heteroatoms. The molecule has 0 heterocycles. The molecule has 1 saturated carbocycles. The summed E-state index contributed by atoms with van der Waals surface area (Å²) in [5, 5.41) is 48.9. The van der Waals surface area contributed by atoms with E-state index < -0.39 is 57.9 Å². The Labute approximate surface area is 228 Å². The molecule has 0 aliphatic heterocycles. The number of amides is 1. The monoisotopic (exact) mass is 541 g/mol. The SMILES string of the molecule is CC(C)[C@@H]1C(=O)C(C(N)=O)=C(O)[C@@]2(O)C(=O)C3=C(O)c4c(O)c(CNC(C)(C)C)cc(N(C)C)c4C[C@H]3C[C@@H]12. The Bertz CT molecular complexity index is 1340. The number of benzene rings is 1. The molecular weight excluding hydrogens is 502 g/mol. The van der Waals surface area contributed by atoms with Gasteiger partial charge in [-0.2, -0.15) is 0 Å². The van der Waals surface area contributed by atoms with E-state index in [2.05, 4.69) is 5.32 Å². The van der Waals surface area contributed by atoms with Crippen molar-refractivity contribution in [2.45, 2.75) is 65.1 Å². The molecule has 0 saturated heterocycles. The number of aromatic hydroxyl groups is 1. The van der Waals surface area contributed by atoms with Crippen molar-refractivity contribution in [2.24, 2.45) is 29.4 Å². The molecule has 0 bridgehead atoms. The standard InChI is InChI=1S/C29H39N3O7/c1-12(2)18-16-9-13-8-15-17(32(6)7)10-14(11-31-28(3,4)5)22(33)20(15)24(35)19(13)25(36)29(16,39)26(37)21(23(18)34)27(30)38/h10,12-13,16,18,31,33,35,37,39H,8-9,11H2,1-7H3,(H2,30,38)/t13-,16-,18-,29-/m0/s1. The number of Topliss-reactive ketones (excluding diaryl/α,β-unsaturated/α-hetero) is 2. The van der Waals surface area contributed by atoms with Crippen molar-refractivity contribution in [3.8, 4) is 5.75 Å². The Kier molecular flexibility index (Phi) is 6.88. The van der Waals surface area contributed by atoms with Gasteiger partial charge in [-0.05, 0) is 57.1 Å². The van der Waals surface area contributed by atoms with Crippen molar-refractivity contribution in [3.63, 3.8) is 0 Å². The molecule has 0 aromatic heterocycles. The molecule has 1 aromatic rings. The summed E-state index contributed by atoms with van der Waals surface area (Å²) < 4.78 is 0. The number of hydrogen-bond acceptors (Lipinski definition) is 9. The van der Waals surface area contributed by atoms with Crippen LogP contribution < -0.4 is 16.0 Å². The van der Waals surface area contributed by atoms with Crippen molar-refractivity contribution in [2.75, 3.05) is 19.0 Å². The lowest BCUT2D eigenvalue weighted by Gasteiger charge is -2.50. The number of aliphatic hydroxyl groups is 3. The first-order valence-corrected chi connectivity index (χ1v) is 13.2. The van der Waals surface area contributed by atoms with E-state index in [4.69, 9.17) is 5.73 Å². The molecule has 3 aliphatic rings. The van der Waals surface area contributed by atoms with E-state index in [9.17, 15) is 34.8 Å². The highest BCUT2D eigenvalue weighted by Crippen LogP contribution is 2.55. The van der Waals surface area contributed by atoms with Crippen LogP contribution in [0.25, 0.3) is 5.76 Å². The van der Waals surface area contributed by atoms with E-state index in [-0.39, 0.29) is 41.2 Å². The lowest BCUT2D eigenvalue weighted by Crippen LogP contribution is -2.62. The normalized spacial score (nSPS) is 26.9. The van der Waals surface area contributed by atoms with Gasteiger partial charge >= 0.3 is 0 Å². The van der Waals surface area contributed by atoms with Gasteiger partial charge in [0.05, 0.1) is 5.56 Å². The fourth-order valence-electron chi connectivity index (χ4n) is 6.48. The molecule has 1 aromatic carbocycles.